The van der Waals surface area contributed by atoms with E-state index in [1.54, 1.807) is 0 Å². The summed E-state index contributed by atoms with van der Waals surface area (Å²) in [5, 5.41) is 0. The molecule has 1 nitrogen and oxygen atoms in total. The van der Waals surface area contributed by atoms with Gasteiger partial charge in [-0.05, 0) is 38.5 Å². The van der Waals surface area contributed by atoms with Gasteiger partial charge in [0, 0.05) is 7.11 Å². The van der Waals surface area contributed by atoms with Gasteiger partial charge in [0.2, 0.25) is 0 Å². The third kappa shape index (κ3) is 2.22. The van der Waals surface area contributed by atoms with Crippen molar-refractivity contribution in [2.75, 3.05) is 7.11 Å². The molecule has 0 radical (unpaired) electrons. The van der Waals surface area contributed by atoms with Gasteiger partial charge in [-0.25, -0.2) is 0 Å². The van der Waals surface area contributed by atoms with Gasteiger partial charge in [0.15, 0.2) is 0 Å². The molecule has 1 heteroatoms. The molecule has 0 aromatic carbocycles. The molecule has 0 spiro atoms. The van der Waals surface area contributed by atoms with Crippen molar-refractivity contribution in [2.24, 2.45) is 11.8 Å². The molecule has 1 saturated carbocycles. The minimum atomic E-state index is 0.0919. The molecule has 0 aromatic heterocycles. The van der Waals surface area contributed by atoms with Gasteiger partial charge in [-0.15, -0.1) is 0 Å². The van der Waals surface area contributed by atoms with Gasteiger partial charge in [0.25, 0.3) is 0 Å². The van der Waals surface area contributed by atoms with Crippen LogP contribution >= 0.6 is 0 Å². The third-order valence-electron chi connectivity index (χ3n) is 3.45. The number of rotatable bonds is 2. The molecule has 0 unspecified atom stereocenters. The molecule has 2 atom stereocenters. The van der Waals surface area contributed by atoms with E-state index in [1.807, 2.05) is 7.11 Å². The molecule has 0 bridgehead atoms. The van der Waals surface area contributed by atoms with E-state index < -0.39 is 0 Å². The highest BCUT2D eigenvalue weighted by atomic mass is 16.5. The van der Waals surface area contributed by atoms with Crippen molar-refractivity contribution >= 4 is 0 Å². The SMILES string of the molecule is COC(C)(C)[C@H]1CCC[C@@H](C)C1. The van der Waals surface area contributed by atoms with E-state index in [4.69, 9.17) is 4.74 Å². The largest absolute Gasteiger partial charge is 0.379 e. The zero-order valence-corrected chi connectivity index (χ0v) is 8.89. The second-order valence-corrected chi connectivity index (χ2v) is 4.78. The van der Waals surface area contributed by atoms with Gasteiger partial charge in [0.05, 0.1) is 5.60 Å². The molecule has 0 saturated heterocycles. The second-order valence-electron chi connectivity index (χ2n) is 4.78. The Labute approximate surface area is 76.5 Å². The molecule has 1 fully saturated rings. The van der Waals surface area contributed by atoms with Crippen LogP contribution in [0.4, 0.5) is 0 Å². The van der Waals surface area contributed by atoms with Gasteiger partial charge in [0.1, 0.15) is 0 Å². The molecular formula is C11H22O. The summed E-state index contributed by atoms with van der Waals surface area (Å²) >= 11 is 0. The van der Waals surface area contributed by atoms with Crippen LogP contribution in [-0.4, -0.2) is 12.7 Å². The Hall–Kier alpha value is -0.0400. The lowest BCUT2D eigenvalue weighted by Crippen LogP contribution is -2.36. The minimum Gasteiger partial charge on any atom is -0.379 e. The van der Waals surface area contributed by atoms with Crippen molar-refractivity contribution in [1.29, 1.82) is 0 Å². The first-order valence-corrected chi connectivity index (χ1v) is 5.11. The topological polar surface area (TPSA) is 9.23 Å². The fourth-order valence-corrected chi connectivity index (χ4v) is 2.23. The standard InChI is InChI=1S/C11H22O/c1-9-6-5-7-10(8-9)11(2,3)12-4/h9-10H,5-8H2,1-4H3/t9-,10+/m1/s1. The lowest BCUT2D eigenvalue weighted by Gasteiger charge is -2.38. The van der Waals surface area contributed by atoms with Crippen molar-refractivity contribution in [2.45, 2.75) is 52.1 Å². The van der Waals surface area contributed by atoms with E-state index >= 15 is 0 Å². The molecule has 0 aromatic rings. The van der Waals surface area contributed by atoms with Crippen molar-refractivity contribution in [3.63, 3.8) is 0 Å². The first kappa shape index (κ1) is 10.0. The zero-order chi connectivity index (χ0) is 9.19. The first-order chi connectivity index (χ1) is 5.56. The molecule has 0 N–H and O–H groups in total. The molecule has 1 aliphatic rings. The summed E-state index contributed by atoms with van der Waals surface area (Å²) in [6.07, 6.45) is 5.50. The van der Waals surface area contributed by atoms with Crippen molar-refractivity contribution < 1.29 is 4.74 Å². The van der Waals surface area contributed by atoms with Crippen LogP contribution in [0.2, 0.25) is 0 Å². The van der Waals surface area contributed by atoms with Crippen molar-refractivity contribution in [3.8, 4) is 0 Å². The Morgan fingerprint density at radius 1 is 1.25 bits per heavy atom. The van der Waals surface area contributed by atoms with Crippen LogP contribution in [0.1, 0.15) is 46.5 Å². The Morgan fingerprint density at radius 3 is 2.42 bits per heavy atom. The van der Waals surface area contributed by atoms with Crippen LogP contribution < -0.4 is 0 Å². The fourth-order valence-electron chi connectivity index (χ4n) is 2.23. The van der Waals surface area contributed by atoms with Gasteiger partial charge < -0.3 is 4.74 Å². The first-order valence-electron chi connectivity index (χ1n) is 5.11. The minimum absolute atomic E-state index is 0.0919. The molecule has 1 aliphatic carbocycles. The molecule has 72 valence electrons. The fraction of sp³-hybridized carbons (Fsp3) is 1.00. The molecule has 0 aliphatic heterocycles. The average Bonchev–Trinajstić information content (AvgIpc) is 2.05. The third-order valence-corrected chi connectivity index (χ3v) is 3.45. The van der Waals surface area contributed by atoms with E-state index in [2.05, 4.69) is 20.8 Å². The number of methoxy groups -OCH3 is 1. The van der Waals surface area contributed by atoms with Crippen LogP contribution in [0.15, 0.2) is 0 Å². The summed E-state index contributed by atoms with van der Waals surface area (Å²) in [6, 6.07) is 0. The van der Waals surface area contributed by atoms with Gasteiger partial charge in [-0.1, -0.05) is 19.8 Å². The van der Waals surface area contributed by atoms with Gasteiger partial charge in [-0.2, -0.15) is 0 Å². The predicted octanol–water partition coefficient (Wildman–Crippen LogP) is 3.24. The number of hydrogen-bond acceptors (Lipinski definition) is 1. The lowest BCUT2D eigenvalue weighted by molar-refractivity contribution is -0.0461. The maximum Gasteiger partial charge on any atom is 0.0650 e. The van der Waals surface area contributed by atoms with Crippen LogP contribution in [0.5, 0.6) is 0 Å². The summed E-state index contributed by atoms with van der Waals surface area (Å²) in [5.74, 6) is 1.67. The van der Waals surface area contributed by atoms with E-state index in [-0.39, 0.29) is 5.60 Å². The molecule has 1 rings (SSSR count). The maximum atomic E-state index is 5.53. The highest BCUT2D eigenvalue weighted by molar-refractivity contribution is 4.83. The van der Waals surface area contributed by atoms with Crippen LogP contribution in [0.25, 0.3) is 0 Å². The lowest BCUT2D eigenvalue weighted by atomic mass is 9.74. The quantitative estimate of drug-likeness (QED) is 0.618. The molecule has 0 amide bonds. The maximum absolute atomic E-state index is 5.53. The summed E-state index contributed by atoms with van der Waals surface area (Å²) in [4.78, 5) is 0. The second kappa shape index (κ2) is 3.78. The summed E-state index contributed by atoms with van der Waals surface area (Å²) in [5.41, 5.74) is 0.0919. The number of ether oxygens (including phenoxy) is 1. The van der Waals surface area contributed by atoms with Crippen LogP contribution in [0, 0.1) is 11.8 Å². The highest BCUT2D eigenvalue weighted by Crippen LogP contribution is 2.36. The van der Waals surface area contributed by atoms with E-state index in [0.717, 1.165) is 11.8 Å². The van der Waals surface area contributed by atoms with Crippen molar-refractivity contribution in [3.05, 3.63) is 0 Å². The van der Waals surface area contributed by atoms with E-state index in [9.17, 15) is 0 Å². The Morgan fingerprint density at radius 2 is 1.92 bits per heavy atom. The normalized spacial score (nSPS) is 32.0. The smallest absolute Gasteiger partial charge is 0.0650 e. The van der Waals surface area contributed by atoms with E-state index in [0.29, 0.717) is 0 Å². The summed E-state index contributed by atoms with van der Waals surface area (Å²) < 4.78 is 5.53. The summed E-state index contributed by atoms with van der Waals surface area (Å²) in [7, 11) is 1.83. The molecular weight excluding hydrogens is 148 g/mol. The Balaban J connectivity index is 2.50. The summed E-state index contributed by atoms with van der Waals surface area (Å²) in [6.45, 7) is 6.79. The van der Waals surface area contributed by atoms with E-state index in [1.165, 1.54) is 25.7 Å². The number of hydrogen-bond donors (Lipinski definition) is 0. The predicted molar refractivity (Wildman–Crippen MR) is 52.2 cm³/mol. The van der Waals surface area contributed by atoms with Crippen LogP contribution in [0.3, 0.4) is 0 Å². The molecule has 12 heavy (non-hydrogen) atoms. The monoisotopic (exact) mass is 170 g/mol. The Kier molecular flexibility index (Phi) is 3.16. The average molecular weight is 170 g/mol. The zero-order valence-electron chi connectivity index (χ0n) is 8.89. The molecule has 0 heterocycles. The van der Waals surface area contributed by atoms with Crippen molar-refractivity contribution in [1.82, 2.24) is 0 Å². The Bertz CT molecular complexity index is 140. The van der Waals surface area contributed by atoms with Gasteiger partial charge in [-0.3, -0.25) is 0 Å². The van der Waals surface area contributed by atoms with Gasteiger partial charge >= 0.3 is 0 Å². The van der Waals surface area contributed by atoms with Crippen LogP contribution in [-0.2, 0) is 4.74 Å². The highest BCUT2D eigenvalue weighted by Gasteiger charge is 2.32.